The average molecular weight is 555 g/mol. The van der Waals surface area contributed by atoms with E-state index in [9.17, 15) is 9.90 Å². The summed E-state index contributed by atoms with van der Waals surface area (Å²) in [6, 6.07) is 34.6. The molecule has 3 N–H and O–H groups in total. The first-order chi connectivity index (χ1) is 19.9. The van der Waals surface area contributed by atoms with Crippen molar-refractivity contribution in [1.82, 2.24) is 10.6 Å². The van der Waals surface area contributed by atoms with Crippen LogP contribution in [0.4, 0.5) is 0 Å². The number of β-amino-alcohol motifs (C(OH)–C–C–N with tert-alkyl or cyclic N) is 1. The minimum Gasteiger partial charge on any atom is -0.485 e. The van der Waals surface area contributed by atoms with Crippen molar-refractivity contribution in [1.29, 1.82) is 0 Å². The van der Waals surface area contributed by atoms with Gasteiger partial charge in [0.2, 0.25) is 0 Å². The van der Waals surface area contributed by atoms with Crippen molar-refractivity contribution in [2.75, 3.05) is 19.7 Å². The number of nitrogens with one attached hydrogen (secondary N) is 2. The number of ether oxygens (including phenoxy) is 3. The fraction of sp³-hybridized carbons (Fsp3) is 0.265. The number of carbonyl (C=O) groups is 1. The van der Waals surface area contributed by atoms with E-state index in [1.807, 2.05) is 111 Å². The van der Waals surface area contributed by atoms with Gasteiger partial charge in [0.05, 0.1) is 6.10 Å². The highest BCUT2D eigenvalue weighted by molar-refractivity contribution is 5.77. The Morgan fingerprint density at radius 3 is 1.93 bits per heavy atom. The number of para-hydroxylation sites is 1. The second-order valence-electron chi connectivity index (χ2n) is 10.4. The summed E-state index contributed by atoms with van der Waals surface area (Å²) in [6.07, 6.45) is -0.798. The predicted molar refractivity (Wildman–Crippen MR) is 160 cm³/mol. The summed E-state index contributed by atoms with van der Waals surface area (Å²) in [5, 5.41) is 17.2. The van der Waals surface area contributed by atoms with Crippen LogP contribution >= 0.6 is 0 Å². The van der Waals surface area contributed by atoms with E-state index < -0.39 is 11.6 Å². The Balaban J connectivity index is 1.33. The molecule has 0 aromatic heterocycles. The van der Waals surface area contributed by atoms with Crippen LogP contribution in [0.25, 0.3) is 0 Å². The highest BCUT2D eigenvalue weighted by Crippen LogP contribution is 2.32. The first kappa shape index (κ1) is 29.6. The molecule has 0 bridgehead atoms. The van der Waals surface area contributed by atoms with Gasteiger partial charge in [-0.1, -0.05) is 84.9 Å². The van der Waals surface area contributed by atoms with Crippen LogP contribution in [-0.4, -0.2) is 36.2 Å². The Kier molecular flexibility index (Phi) is 10.8. The number of aliphatic hydroxyl groups excluding tert-OH is 1. The van der Waals surface area contributed by atoms with E-state index in [1.165, 1.54) is 0 Å². The lowest BCUT2D eigenvalue weighted by atomic mass is 10.0. The van der Waals surface area contributed by atoms with Gasteiger partial charge in [0.15, 0.2) is 18.1 Å². The van der Waals surface area contributed by atoms with E-state index in [4.69, 9.17) is 14.2 Å². The van der Waals surface area contributed by atoms with Crippen LogP contribution in [0.3, 0.4) is 0 Å². The molecule has 7 nitrogen and oxygen atoms in total. The lowest BCUT2D eigenvalue weighted by Gasteiger charge is -2.28. The second kappa shape index (κ2) is 14.9. The van der Waals surface area contributed by atoms with Crippen LogP contribution in [-0.2, 0) is 18.0 Å². The van der Waals surface area contributed by atoms with Gasteiger partial charge in [0.25, 0.3) is 5.91 Å². The third-order valence-electron chi connectivity index (χ3n) is 6.44. The number of rotatable bonds is 15. The van der Waals surface area contributed by atoms with Gasteiger partial charge in [-0.25, -0.2) is 0 Å². The van der Waals surface area contributed by atoms with Gasteiger partial charge in [-0.2, -0.15) is 0 Å². The zero-order valence-electron chi connectivity index (χ0n) is 23.6. The Morgan fingerprint density at radius 2 is 1.32 bits per heavy atom. The van der Waals surface area contributed by atoms with Crippen LogP contribution in [0.2, 0.25) is 0 Å². The SMILES string of the molecule is CC(C)(CNC(=O)COc1ccccc1)NCC(O)c1ccc(OCc2ccccc2)c(OCc2ccccc2)c1. The summed E-state index contributed by atoms with van der Waals surface area (Å²) in [7, 11) is 0. The largest absolute Gasteiger partial charge is 0.485 e. The van der Waals surface area contributed by atoms with E-state index >= 15 is 0 Å². The van der Waals surface area contributed by atoms with Crippen molar-refractivity contribution in [2.45, 2.75) is 38.7 Å². The topological polar surface area (TPSA) is 89.1 Å². The number of hydrogen-bond donors (Lipinski definition) is 3. The lowest BCUT2D eigenvalue weighted by molar-refractivity contribution is -0.123. The molecule has 0 aliphatic heterocycles. The summed E-state index contributed by atoms with van der Waals surface area (Å²) >= 11 is 0. The van der Waals surface area contributed by atoms with Crippen LogP contribution in [0.15, 0.2) is 109 Å². The smallest absolute Gasteiger partial charge is 0.258 e. The van der Waals surface area contributed by atoms with Crippen molar-refractivity contribution in [3.05, 3.63) is 126 Å². The van der Waals surface area contributed by atoms with E-state index in [-0.39, 0.29) is 19.1 Å². The molecule has 1 atom stereocenters. The molecule has 214 valence electrons. The van der Waals surface area contributed by atoms with Crippen LogP contribution in [0, 0.1) is 0 Å². The molecule has 41 heavy (non-hydrogen) atoms. The molecule has 0 aliphatic rings. The molecule has 4 rings (SSSR count). The zero-order valence-corrected chi connectivity index (χ0v) is 23.6. The van der Waals surface area contributed by atoms with E-state index in [1.54, 1.807) is 12.1 Å². The molecular formula is C34H38N2O5. The van der Waals surface area contributed by atoms with Crippen LogP contribution < -0.4 is 24.8 Å². The number of benzene rings is 4. The first-order valence-corrected chi connectivity index (χ1v) is 13.7. The Labute approximate surface area is 242 Å². The minimum atomic E-state index is -0.798. The number of aliphatic hydroxyl groups is 1. The summed E-state index contributed by atoms with van der Waals surface area (Å²) in [5.74, 6) is 1.60. The maximum Gasteiger partial charge on any atom is 0.258 e. The van der Waals surface area contributed by atoms with Gasteiger partial charge in [0, 0.05) is 18.6 Å². The van der Waals surface area contributed by atoms with Crippen LogP contribution in [0.5, 0.6) is 17.2 Å². The molecule has 0 spiro atoms. The highest BCUT2D eigenvalue weighted by atomic mass is 16.5. The lowest BCUT2D eigenvalue weighted by Crippen LogP contribution is -2.50. The fourth-order valence-electron chi connectivity index (χ4n) is 4.02. The molecule has 0 fully saturated rings. The van der Waals surface area contributed by atoms with Gasteiger partial charge in [-0.3, -0.25) is 4.79 Å². The monoisotopic (exact) mass is 554 g/mol. The molecule has 1 unspecified atom stereocenters. The van der Waals surface area contributed by atoms with Gasteiger partial charge < -0.3 is 30.0 Å². The molecule has 0 radical (unpaired) electrons. The predicted octanol–water partition coefficient (Wildman–Crippen LogP) is 5.44. The van der Waals surface area contributed by atoms with Crippen molar-refractivity contribution in [3.63, 3.8) is 0 Å². The quantitative estimate of drug-likeness (QED) is 0.181. The van der Waals surface area contributed by atoms with E-state index in [0.29, 0.717) is 42.6 Å². The van der Waals surface area contributed by atoms with E-state index in [2.05, 4.69) is 10.6 Å². The molecule has 7 heteroatoms. The maximum atomic E-state index is 12.3. The van der Waals surface area contributed by atoms with Crippen molar-refractivity contribution >= 4 is 5.91 Å². The molecule has 0 saturated heterocycles. The summed E-state index contributed by atoms with van der Waals surface area (Å²) in [6.45, 7) is 5.30. The number of carbonyl (C=O) groups excluding carboxylic acids is 1. The van der Waals surface area contributed by atoms with Crippen molar-refractivity contribution < 1.29 is 24.1 Å². The van der Waals surface area contributed by atoms with Gasteiger partial charge in [0.1, 0.15) is 19.0 Å². The molecule has 0 aliphatic carbocycles. The third kappa shape index (κ3) is 9.98. The molecule has 1 amide bonds. The molecular weight excluding hydrogens is 516 g/mol. The van der Waals surface area contributed by atoms with Gasteiger partial charge in [-0.15, -0.1) is 0 Å². The van der Waals surface area contributed by atoms with Gasteiger partial charge in [-0.05, 0) is 54.8 Å². The Bertz CT molecular complexity index is 1350. The number of hydrogen-bond acceptors (Lipinski definition) is 6. The summed E-state index contributed by atoms with van der Waals surface area (Å²) in [4.78, 5) is 12.3. The zero-order chi connectivity index (χ0) is 28.9. The third-order valence-corrected chi connectivity index (χ3v) is 6.44. The minimum absolute atomic E-state index is 0.0623. The number of amides is 1. The summed E-state index contributed by atoms with van der Waals surface area (Å²) in [5.41, 5.74) is 2.32. The second-order valence-corrected chi connectivity index (χ2v) is 10.4. The average Bonchev–Trinajstić information content (AvgIpc) is 3.01. The Morgan fingerprint density at radius 1 is 0.756 bits per heavy atom. The maximum absolute atomic E-state index is 12.3. The van der Waals surface area contributed by atoms with Gasteiger partial charge >= 0.3 is 0 Å². The molecule has 4 aromatic rings. The van der Waals surface area contributed by atoms with E-state index in [0.717, 1.165) is 11.1 Å². The summed E-state index contributed by atoms with van der Waals surface area (Å²) < 4.78 is 17.7. The molecule has 4 aromatic carbocycles. The molecule has 0 saturated carbocycles. The van der Waals surface area contributed by atoms with Crippen LogP contribution in [0.1, 0.15) is 36.6 Å². The fourth-order valence-corrected chi connectivity index (χ4v) is 4.02. The van der Waals surface area contributed by atoms with Crippen molar-refractivity contribution in [3.8, 4) is 17.2 Å². The van der Waals surface area contributed by atoms with Crippen molar-refractivity contribution in [2.24, 2.45) is 0 Å². The molecule has 0 heterocycles. The highest BCUT2D eigenvalue weighted by Gasteiger charge is 2.21. The Hall–Kier alpha value is -4.33. The first-order valence-electron chi connectivity index (χ1n) is 13.7. The standard InChI is InChI=1S/C34H38N2O5/c1-34(2,25-35-33(38)24-39-29-16-10-5-11-17-29)36-21-30(37)28-18-19-31(40-22-26-12-6-3-7-13-26)32(20-28)41-23-27-14-8-4-9-15-27/h3-20,30,36-37H,21-25H2,1-2H3,(H,35,38). The normalized spacial score (nSPS) is 11.9.